The van der Waals surface area contributed by atoms with Crippen LogP contribution in [0.3, 0.4) is 0 Å². The van der Waals surface area contributed by atoms with Crippen molar-refractivity contribution in [2.45, 2.75) is 26.3 Å². The Balaban J connectivity index is 2.51. The second kappa shape index (κ2) is 6.51. The van der Waals surface area contributed by atoms with E-state index in [9.17, 15) is 4.79 Å². The normalized spacial score (nSPS) is 12.5. The first kappa shape index (κ1) is 14.7. The van der Waals surface area contributed by atoms with E-state index in [1.54, 1.807) is 11.8 Å². The van der Waals surface area contributed by atoms with E-state index in [2.05, 4.69) is 10.4 Å². The van der Waals surface area contributed by atoms with Gasteiger partial charge in [-0.15, -0.1) is 0 Å². The maximum absolute atomic E-state index is 12.0. The molecule has 0 spiro atoms. The molecule has 1 heterocycles. The molecule has 0 aliphatic carbocycles. The number of carbonyl (C=O) groups excluding carboxylic acids is 1. The largest absolute Gasteiger partial charge is 0.383 e. The molecule has 1 aromatic heterocycles. The lowest BCUT2D eigenvalue weighted by Crippen LogP contribution is -2.33. The van der Waals surface area contributed by atoms with Crippen molar-refractivity contribution >= 4 is 5.91 Å². The number of hydrogen-bond acceptors (Lipinski definition) is 4. The standard InChI is InChI=1S/C12H22N4O2/c1-8-11(9(2)16(3)15-8)12(17)14-6-5-10(13)7-18-4/h10H,5-7,13H2,1-4H3,(H,14,17). The summed E-state index contributed by atoms with van der Waals surface area (Å²) in [5, 5.41) is 7.07. The number of nitrogens with one attached hydrogen (secondary N) is 1. The fraction of sp³-hybridized carbons (Fsp3) is 0.667. The number of methoxy groups -OCH3 is 1. The lowest BCUT2D eigenvalue weighted by molar-refractivity contribution is 0.0949. The van der Waals surface area contributed by atoms with Crippen LogP contribution in [0.25, 0.3) is 0 Å². The molecule has 0 saturated heterocycles. The molecule has 0 aromatic carbocycles. The van der Waals surface area contributed by atoms with E-state index in [-0.39, 0.29) is 11.9 Å². The minimum absolute atomic E-state index is 0.0496. The number of rotatable bonds is 6. The van der Waals surface area contributed by atoms with Crippen LogP contribution in [-0.2, 0) is 11.8 Å². The van der Waals surface area contributed by atoms with E-state index in [4.69, 9.17) is 10.5 Å². The summed E-state index contributed by atoms with van der Waals surface area (Å²) in [6.45, 7) is 4.75. The van der Waals surface area contributed by atoms with Gasteiger partial charge in [0, 0.05) is 32.4 Å². The van der Waals surface area contributed by atoms with Crippen LogP contribution in [0.1, 0.15) is 28.2 Å². The summed E-state index contributed by atoms with van der Waals surface area (Å²) in [5.74, 6) is -0.0947. The highest BCUT2D eigenvalue weighted by molar-refractivity contribution is 5.96. The van der Waals surface area contributed by atoms with Gasteiger partial charge in [0.25, 0.3) is 5.91 Å². The highest BCUT2D eigenvalue weighted by atomic mass is 16.5. The highest BCUT2D eigenvalue weighted by Crippen LogP contribution is 2.11. The van der Waals surface area contributed by atoms with Crippen LogP contribution in [0.5, 0.6) is 0 Å². The van der Waals surface area contributed by atoms with Crippen LogP contribution in [0.4, 0.5) is 0 Å². The van der Waals surface area contributed by atoms with Gasteiger partial charge in [0.1, 0.15) is 0 Å². The van der Waals surface area contributed by atoms with Crippen molar-refractivity contribution in [2.24, 2.45) is 12.8 Å². The van der Waals surface area contributed by atoms with E-state index < -0.39 is 0 Å². The van der Waals surface area contributed by atoms with E-state index in [1.165, 1.54) is 0 Å². The highest BCUT2D eigenvalue weighted by Gasteiger charge is 2.16. The van der Waals surface area contributed by atoms with Crippen molar-refractivity contribution in [3.8, 4) is 0 Å². The van der Waals surface area contributed by atoms with E-state index in [0.29, 0.717) is 25.1 Å². The second-order valence-electron chi connectivity index (χ2n) is 4.43. The van der Waals surface area contributed by atoms with E-state index in [0.717, 1.165) is 11.4 Å². The average Bonchev–Trinajstić information content (AvgIpc) is 2.53. The fourth-order valence-corrected chi connectivity index (χ4v) is 1.86. The molecule has 18 heavy (non-hydrogen) atoms. The molecule has 6 nitrogen and oxygen atoms in total. The number of carbonyl (C=O) groups is 1. The predicted molar refractivity (Wildman–Crippen MR) is 69.5 cm³/mol. The van der Waals surface area contributed by atoms with Gasteiger partial charge in [0.2, 0.25) is 0 Å². The van der Waals surface area contributed by atoms with Gasteiger partial charge in [-0.2, -0.15) is 5.10 Å². The number of amides is 1. The first-order chi connectivity index (χ1) is 8.47. The van der Waals surface area contributed by atoms with Gasteiger partial charge in [-0.3, -0.25) is 9.48 Å². The Kier molecular flexibility index (Phi) is 5.30. The van der Waals surface area contributed by atoms with Crippen molar-refractivity contribution in [3.05, 3.63) is 17.0 Å². The molecular weight excluding hydrogens is 232 g/mol. The summed E-state index contributed by atoms with van der Waals surface area (Å²) in [7, 11) is 3.44. The van der Waals surface area contributed by atoms with E-state index in [1.807, 2.05) is 20.9 Å². The van der Waals surface area contributed by atoms with Gasteiger partial charge in [0.05, 0.1) is 17.9 Å². The molecule has 6 heteroatoms. The summed E-state index contributed by atoms with van der Waals surface area (Å²) < 4.78 is 6.65. The van der Waals surface area contributed by atoms with E-state index >= 15 is 0 Å². The summed E-state index contributed by atoms with van der Waals surface area (Å²) in [5.41, 5.74) is 8.04. The average molecular weight is 254 g/mol. The molecule has 1 rings (SSSR count). The molecule has 0 bridgehead atoms. The minimum Gasteiger partial charge on any atom is -0.383 e. The van der Waals surface area contributed by atoms with Gasteiger partial charge in [0.15, 0.2) is 0 Å². The van der Waals surface area contributed by atoms with Crippen LogP contribution >= 0.6 is 0 Å². The maximum atomic E-state index is 12.0. The summed E-state index contributed by atoms with van der Waals surface area (Å²) in [6, 6.07) is -0.0496. The van der Waals surface area contributed by atoms with Gasteiger partial charge in [-0.05, 0) is 20.3 Å². The lowest BCUT2D eigenvalue weighted by atomic mass is 10.1. The first-order valence-corrected chi connectivity index (χ1v) is 6.00. The van der Waals surface area contributed by atoms with Crippen molar-refractivity contribution in [2.75, 3.05) is 20.3 Å². The summed E-state index contributed by atoms with van der Waals surface area (Å²) >= 11 is 0. The van der Waals surface area contributed by atoms with Crippen LogP contribution in [0, 0.1) is 13.8 Å². The first-order valence-electron chi connectivity index (χ1n) is 6.00. The molecule has 0 aliphatic rings. The topological polar surface area (TPSA) is 82.2 Å². The number of nitrogens with zero attached hydrogens (tertiary/aromatic N) is 2. The van der Waals surface area contributed by atoms with Crippen LogP contribution in [0.15, 0.2) is 0 Å². The number of nitrogens with two attached hydrogens (primary N) is 1. The lowest BCUT2D eigenvalue weighted by Gasteiger charge is -2.11. The quantitative estimate of drug-likeness (QED) is 0.756. The third kappa shape index (κ3) is 3.54. The molecule has 102 valence electrons. The molecule has 1 unspecified atom stereocenters. The third-order valence-corrected chi connectivity index (χ3v) is 2.92. The molecule has 3 N–H and O–H groups in total. The molecule has 1 atom stereocenters. The summed E-state index contributed by atoms with van der Waals surface area (Å²) in [6.07, 6.45) is 0.692. The monoisotopic (exact) mass is 254 g/mol. The Morgan fingerprint density at radius 1 is 1.56 bits per heavy atom. The fourth-order valence-electron chi connectivity index (χ4n) is 1.86. The molecule has 0 aliphatic heterocycles. The van der Waals surface area contributed by atoms with Gasteiger partial charge < -0.3 is 15.8 Å². The molecule has 1 amide bonds. The minimum atomic E-state index is -0.0947. The zero-order valence-electron chi connectivity index (χ0n) is 11.5. The van der Waals surface area contributed by atoms with Crippen LogP contribution in [0.2, 0.25) is 0 Å². The van der Waals surface area contributed by atoms with Crippen LogP contribution < -0.4 is 11.1 Å². The number of aromatic nitrogens is 2. The van der Waals surface area contributed by atoms with Crippen molar-refractivity contribution < 1.29 is 9.53 Å². The smallest absolute Gasteiger partial charge is 0.255 e. The number of ether oxygens (including phenoxy) is 1. The SMILES string of the molecule is COCC(N)CCNC(=O)c1c(C)nn(C)c1C. The molecule has 1 aromatic rings. The molecule has 0 saturated carbocycles. The predicted octanol–water partition coefficient (Wildman–Crippen LogP) is 0.131. The molecular formula is C12H22N4O2. The molecule has 0 fully saturated rings. The van der Waals surface area contributed by atoms with Gasteiger partial charge in [-0.25, -0.2) is 0 Å². The van der Waals surface area contributed by atoms with Crippen molar-refractivity contribution in [1.82, 2.24) is 15.1 Å². The Labute approximate surface area is 107 Å². The molecule has 0 radical (unpaired) electrons. The zero-order valence-corrected chi connectivity index (χ0v) is 11.5. The Morgan fingerprint density at radius 3 is 2.72 bits per heavy atom. The number of aryl methyl sites for hydroxylation is 2. The van der Waals surface area contributed by atoms with Gasteiger partial charge in [-0.1, -0.05) is 0 Å². The van der Waals surface area contributed by atoms with Crippen molar-refractivity contribution in [3.63, 3.8) is 0 Å². The van der Waals surface area contributed by atoms with Crippen molar-refractivity contribution in [1.29, 1.82) is 0 Å². The summed E-state index contributed by atoms with van der Waals surface area (Å²) in [4.78, 5) is 12.0. The third-order valence-electron chi connectivity index (χ3n) is 2.92. The maximum Gasteiger partial charge on any atom is 0.255 e. The number of hydrogen-bond donors (Lipinski definition) is 2. The zero-order chi connectivity index (χ0) is 13.7. The Bertz CT molecular complexity index is 414. The van der Waals surface area contributed by atoms with Crippen LogP contribution in [-0.4, -0.2) is 42.0 Å². The second-order valence-corrected chi connectivity index (χ2v) is 4.43. The Morgan fingerprint density at radius 2 is 2.22 bits per heavy atom. The van der Waals surface area contributed by atoms with Gasteiger partial charge >= 0.3 is 0 Å². The Hall–Kier alpha value is -1.40.